The van der Waals surface area contributed by atoms with Gasteiger partial charge in [0.25, 0.3) is 5.91 Å². The van der Waals surface area contributed by atoms with Crippen molar-refractivity contribution < 1.29 is 29.3 Å². The van der Waals surface area contributed by atoms with Crippen LogP contribution in [-0.2, 0) is 4.79 Å². The molecule has 1 heterocycles. The highest BCUT2D eigenvalue weighted by atomic mass is 16.5. The van der Waals surface area contributed by atoms with Crippen molar-refractivity contribution in [2.75, 3.05) is 19.8 Å². The molecule has 0 radical (unpaired) electrons. The molecule has 1 atom stereocenters. The minimum Gasteiger partial charge on any atom is -0.490 e. The molecule has 1 aromatic carbocycles. The molecule has 1 aliphatic rings. The van der Waals surface area contributed by atoms with Crippen molar-refractivity contribution in [2.45, 2.75) is 12.5 Å². The van der Waals surface area contributed by atoms with E-state index in [0.29, 0.717) is 30.3 Å². The number of hydrogen-bond acceptors (Lipinski definition) is 5. The third-order valence-corrected chi connectivity index (χ3v) is 2.75. The topological polar surface area (TPSA) is 105 Å². The second-order valence-corrected chi connectivity index (χ2v) is 4.28. The lowest BCUT2D eigenvalue weighted by Crippen LogP contribution is -2.36. The molecule has 0 bridgehead atoms. The Hall–Kier alpha value is -2.28. The zero-order chi connectivity index (χ0) is 14.5. The second-order valence-electron chi connectivity index (χ2n) is 4.28. The first-order chi connectivity index (χ1) is 9.58. The summed E-state index contributed by atoms with van der Waals surface area (Å²) in [4.78, 5) is 22.3. The smallest absolute Gasteiger partial charge is 0.334 e. The Morgan fingerprint density at radius 2 is 1.95 bits per heavy atom. The first-order valence-electron chi connectivity index (χ1n) is 6.16. The van der Waals surface area contributed by atoms with Crippen molar-refractivity contribution in [3.05, 3.63) is 23.8 Å². The minimum absolute atomic E-state index is 0.312. The van der Waals surface area contributed by atoms with Crippen LogP contribution in [0.25, 0.3) is 0 Å². The van der Waals surface area contributed by atoms with Crippen LogP contribution in [0.5, 0.6) is 11.5 Å². The Bertz CT molecular complexity index is 516. The van der Waals surface area contributed by atoms with E-state index in [0.717, 1.165) is 6.42 Å². The third-order valence-electron chi connectivity index (χ3n) is 2.75. The van der Waals surface area contributed by atoms with Crippen molar-refractivity contribution in [3.63, 3.8) is 0 Å². The van der Waals surface area contributed by atoms with Crippen LogP contribution in [0.4, 0.5) is 0 Å². The van der Waals surface area contributed by atoms with Crippen molar-refractivity contribution in [1.29, 1.82) is 0 Å². The fourth-order valence-corrected chi connectivity index (χ4v) is 1.68. The number of nitrogens with one attached hydrogen (secondary N) is 1. The summed E-state index contributed by atoms with van der Waals surface area (Å²) in [7, 11) is 0. The lowest BCUT2D eigenvalue weighted by atomic mass is 10.2. The molecule has 0 saturated heterocycles. The van der Waals surface area contributed by atoms with Crippen LogP contribution < -0.4 is 14.8 Å². The molecule has 1 unspecified atom stereocenters. The first-order valence-corrected chi connectivity index (χ1v) is 6.16. The molecule has 1 aliphatic heterocycles. The summed E-state index contributed by atoms with van der Waals surface area (Å²) in [6.45, 7) is 0.710. The number of amides is 1. The van der Waals surface area contributed by atoms with Gasteiger partial charge in [0, 0.05) is 12.0 Å². The van der Waals surface area contributed by atoms with Crippen LogP contribution >= 0.6 is 0 Å². The molecule has 0 saturated carbocycles. The molecule has 0 spiro atoms. The van der Waals surface area contributed by atoms with Crippen molar-refractivity contribution in [3.8, 4) is 11.5 Å². The molecular formula is C13H15NO6. The Morgan fingerprint density at radius 3 is 2.65 bits per heavy atom. The van der Waals surface area contributed by atoms with E-state index in [9.17, 15) is 9.59 Å². The van der Waals surface area contributed by atoms with Crippen LogP contribution in [0, 0.1) is 0 Å². The van der Waals surface area contributed by atoms with Crippen LogP contribution in [0.2, 0.25) is 0 Å². The summed E-state index contributed by atoms with van der Waals surface area (Å²) in [5, 5.41) is 19.9. The quantitative estimate of drug-likeness (QED) is 0.718. The van der Waals surface area contributed by atoms with E-state index >= 15 is 0 Å². The number of aliphatic hydroxyl groups is 1. The number of fused-ring (bicyclic) bond motifs is 1. The van der Waals surface area contributed by atoms with Gasteiger partial charge in [-0.25, -0.2) is 4.79 Å². The highest BCUT2D eigenvalue weighted by molar-refractivity contribution is 5.95. The van der Waals surface area contributed by atoms with Crippen molar-refractivity contribution in [1.82, 2.24) is 5.32 Å². The van der Waals surface area contributed by atoms with Crippen molar-refractivity contribution in [2.24, 2.45) is 0 Å². The number of aliphatic hydroxyl groups excluding tert-OH is 1. The Kier molecular flexibility index (Phi) is 4.41. The molecule has 7 heteroatoms. The maximum atomic E-state index is 11.8. The highest BCUT2D eigenvalue weighted by Crippen LogP contribution is 2.30. The van der Waals surface area contributed by atoms with Gasteiger partial charge in [-0.1, -0.05) is 0 Å². The molecule has 20 heavy (non-hydrogen) atoms. The fourth-order valence-electron chi connectivity index (χ4n) is 1.68. The SMILES string of the molecule is O=C(NCC(O)C(=O)O)c1ccc2c(c1)OCCCO2. The van der Waals surface area contributed by atoms with Gasteiger partial charge in [0.15, 0.2) is 17.6 Å². The molecule has 0 fully saturated rings. The minimum atomic E-state index is -1.63. The average Bonchev–Trinajstić information content (AvgIpc) is 2.68. The summed E-state index contributed by atoms with van der Waals surface area (Å²) in [5.74, 6) is -0.816. The van der Waals surface area contributed by atoms with E-state index in [1.165, 1.54) is 6.07 Å². The molecule has 0 aromatic heterocycles. The number of ether oxygens (including phenoxy) is 2. The largest absolute Gasteiger partial charge is 0.490 e. The fraction of sp³-hybridized carbons (Fsp3) is 0.385. The zero-order valence-corrected chi connectivity index (χ0v) is 10.7. The van der Waals surface area contributed by atoms with E-state index < -0.39 is 18.0 Å². The normalized spacial score (nSPS) is 15.1. The summed E-state index contributed by atoms with van der Waals surface area (Å²) in [6, 6.07) is 4.71. The van der Waals surface area contributed by atoms with E-state index in [4.69, 9.17) is 19.7 Å². The number of hydrogen-bond donors (Lipinski definition) is 3. The zero-order valence-electron chi connectivity index (χ0n) is 10.7. The summed E-state index contributed by atoms with van der Waals surface area (Å²) < 4.78 is 10.9. The van der Waals surface area contributed by atoms with Crippen LogP contribution in [0.1, 0.15) is 16.8 Å². The Morgan fingerprint density at radius 1 is 1.25 bits per heavy atom. The van der Waals surface area contributed by atoms with Gasteiger partial charge in [0.1, 0.15) is 0 Å². The van der Waals surface area contributed by atoms with Gasteiger partial charge < -0.3 is 25.0 Å². The number of carbonyl (C=O) groups is 2. The number of carboxylic acids is 1. The van der Waals surface area contributed by atoms with Crippen molar-refractivity contribution >= 4 is 11.9 Å². The second kappa shape index (κ2) is 6.25. The molecule has 2 rings (SSSR count). The summed E-state index contributed by atoms with van der Waals surface area (Å²) in [6.07, 6.45) is -0.861. The lowest BCUT2D eigenvalue weighted by molar-refractivity contribution is -0.146. The molecule has 3 N–H and O–H groups in total. The maximum absolute atomic E-state index is 11.8. The van der Waals surface area contributed by atoms with Gasteiger partial charge in [-0.05, 0) is 18.2 Å². The van der Waals surface area contributed by atoms with E-state index in [1.807, 2.05) is 0 Å². The number of rotatable bonds is 4. The summed E-state index contributed by atoms with van der Waals surface area (Å²) in [5.41, 5.74) is 0.312. The van der Waals surface area contributed by atoms with E-state index in [-0.39, 0.29) is 6.54 Å². The van der Waals surface area contributed by atoms with E-state index in [2.05, 4.69) is 5.32 Å². The van der Waals surface area contributed by atoms with Gasteiger partial charge in [-0.15, -0.1) is 0 Å². The molecule has 108 valence electrons. The third kappa shape index (κ3) is 3.39. The Labute approximate surface area is 115 Å². The predicted octanol–water partition coefficient (Wildman–Crippen LogP) is 0.0232. The van der Waals surface area contributed by atoms with Gasteiger partial charge in [-0.3, -0.25) is 4.79 Å². The number of carbonyl (C=O) groups excluding carboxylic acids is 1. The first kappa shape index (κ1) is 14.1. The number of carboxylic acid groups (broad SMARTS) is 1. The molecule has 1 aromatic rings. The molecular weight excluding hydrogens is 266 g/mol. The maximum Gasteiger partial charge on any atom is 0.334 e. The van der Waals surface area contributed by atoms with Gasteiger partial charge in [0.05, 0.1) is 19.8 Å². The number of benzene rings is 1. The monoisotopic (exact) mass is 281 g/mol. The average molecular weight is 281 g/mol. The van der Waals surface area contributed by atoms with Gasteiger partial charge >= 0.3 is 5.97 Å². The molecule has 1 amide bonds. The summed E-state index contributed by atoms with van der Waals surface area (Å²) >= 11 is 0. The predicted molar refractivity (Wildman–Crippen MR) is 68.0 cm³/mol. The van der Waals surface area contributed by atoms with E-state index in [1.54, 1.807) is 12.1 Å². The Balaban J connectivity index is 2.03. The van der Waals surface area contributed by atoms with Gasteiger partial charge in [0.2, 0.25) is 0 Å². The highest BCUT2D eigenvalue weighted by Gasteiger charge is 2.17. The molecule has 7 nitrogen and oxygen atoms in total. The van der Waals surface area contributed by atoms with Crippen LogP contribution in [0.3, 0.4) is 0 Å². The van der Waals surface area contributed by atoms with Gasteiger partial charge in [-0.2, -0.15) is 0 Å². The number of aliphatic carboxylic acids is 1. The molecule has 0 aliphatic carbocycles. The van der Waals surface area contributed by atoms with Crippen LogP contribution in [-0.4, -0.2) is 48.0 Å². The standard InChI is InChI=1S/C13H15NO6/c15-9(13(17)18)7-14-12(16)8-2-3-10-11(6-8)20-5-1-4-19-10/h2-3,6,9,15H,1,4-5,7H2,(H,14,16)(H,17,18). The van der Waals surface area contributed by atoms with Crippen LogP contribution in [0.15, 0.2) is 18.2 Å². The lowest BCUT2D eigenvalue weighted by Gasteiger charge is -2.10.